The molecule has 0 saturated carbocycles. The lowest BCUT2D eigenvalue weighted by molar-refractivity contribution is 0.0983. The summed E-state index contributed by atoms with van der Waals surface area (Å²) in [4.78, 5) is 12.0. The first-order chi connectivity index (χ1) is 6.11. The highest BCUT2D eigenvalue weighted by atomic mass is 32.1. The van der Waals surface area contributed by atoms with Crippen molar-refractivity contribution in [2.45, 2.75) is 13.8 Å². The van der Waals surface area contributed by atoms with Crippen LogP contribution >= 0.6 is 12.2 Å². The lowest BCUT2D eigenvalue weighted by Gasteiger charge is -2.03. The minimum atomic E-state index is -0.0683. The van der Waals surface area contributed by atoms with Crippen molar-refractivity contribution in [2.24, 2.45) is 0 Å². The molecule has 2 rings (SSSR count). The third-order valence-corrected chi connectivity index (χ3v) is 2.76. The topological polar surface area (TPSA) is 29.1 Å². The summed E-state index contributed by atoms with van der Waals surface area (Å²) in [5.41, 5.74) is 3.75. The van der Waals surface area contributed by atoms with Crippen LogP contribution in [0.4, 0.5) is 0 Å². The summed E-state index contributed by atoms with van der Waals surface area (Å²) < 4.78 is 0. The van der Waals surface area contributed by atoms with Crippen LogP contribution in [0, 0.1) is 13.8 Å². The van der Waals surface area contributed by atoms with E-state index in [0.717, 1.165) is 22.3 Å². The van der Waals surface area contributed by atoms with Crippen molar-refractivity contribution in [3.63, 3.8) is 0 Å². The Kier molecular flexibility index (Phi) is 1.70. The van der Waals surface area contributed by atoms with E-state index in [0.29, 0.717) is 4.99 Å². The molecule has 1 amide bonds. The summed E-state index contributed by atoms with van der Waals surface area (Å²) in [6.45, 7) is 3.94. The van der Waals surface area contributed by atoms with E-state index in [1.165, 1.54) is 0 Å². The van der Waals surface area contributed by atoms with E-state index in [9.17, 15) is 4.79 Å². The number of hydrogen-bond acceptors (Lipinski definition) is 2. The Labute approximate surface area is 82.0 Å². The molecule has 66 valence electrons. The van der Waals surface area contributed by atoms with Crippen LogP contribution in [-0.2, 0) is 0 Å². The fraction of sp³-hybridized carbons (Fsp3) is 0.200. The highest BCUT2D eigenvalue weighted by molar-refractivity contribution is 7.80. The fourth-order valence-electron chi connectivity index (χ4n) is 1.53. The lowest BCUT2D eigenvalue weighted by atomic mass is 10.00. The second-order valence-electron chi connectivity index (χ2n) is 3.21. The van der Waals surface area contributed by atoms with Gasteiger partial charge in [0.2, 0.25) is 0 Å². The summed E-state index contributed by atoms with van der Waals surface area (Å²) in [5, 5.41) is 2.64. The summed E-state index contributed by atoms with van der Waals surface area (Å²) in [6.07, 6.45) is 0. The van der Waals surface area contributed by atoms with Crippen molar-refractivity contribution in [1.82, 2.24) is 5.32 Å². The minimum absolute atomic E-state index is 0.0683. The maximum atomic E-state index is 11.5. The Morgan fingerprint density at radius 3 is 2.69 bits per heavy atom. The number of benzene rings is 1. The molecule has 0 bridgehead atoms. The summed E-state index contributed by atoms with van der Waals surface area (Å²) >= 11 is 5.02. The molecule has 0 fully saturated rings. The normalized spacial score (nSPS) is 14.3. The number of amides is 1. The van der Waals surface area contributed by atoms with Crippen LogP contribution in [-0.4, -0.2) is 10.9 Å². The predicted octanol–water partition coefficient (Wildman–Crippen LogP) is 1.72. The number of aryl methyl sites for hydroxylation is 1. The van der Waals surface area contributed by atoms with Crippen LogP contribution in [0.25, 0.3) is 0 Å². The second-order valence-corrected chi connectivity index (χ2v) is 3.62. The average Bonchev–Trinajstić information content (AvgIpc) is 2.35. The van der Waals surface area contributed by atoms with Gasteiger partial charge in [-0.05, 0) is 25.0 Å². The Morgan fingerprint density at radius 2 is 2.00 bits per heavy atom. The van der Waals surface area contributed by atoms with Gasteiger partial charge < -0.3 is 5.32 Å². The quantitative estimate of drug-likeness (QED) is 0.633. The van der Waals surface area contributed by atoms with Gasteiger partial charge in [-0.1, -0.05) is 24.4 Å². The number of hydrogen-bond donors (Lipinski definition) is 1. The monoisotopic (exact) mass is 191 g/mol. The Hall–Kier alpha value is -1.22. The molecule has 0 aromatic heterocycles. The van der Waals surface area contributed by atoms with E-state index in [1.54, 1.807) is 0 Å². The van der Waals surface area contributed by atoms with Crippen LogP contribution in [0.3, 0.4) is 0 Å². The summed E-state index contributed by atoms with van der Waals surface area (Å²) in [5.74, 6) is -0.0683. The van der Waals surface area contributed by atoms with Gasteiger partial charge in [0.05, 0.1) is 5.56 Å². The van der Waals surface area contributed by atoms with Gasteiger partial charge in [-0.3, -0.25) is 4.79 Å². The number of thiocarbonyl (C=S) groups is 1. The van der Waals surface area contributed by atoms with Gasteiger partial charge in [0.15, 0.2) is 0 Å². The number of carbonyl (C=O) groups excluding carboxylic acids is 1. The standard InChI is InChI=1S/C10H9NOS/c1-5-3-4-7-8(6(5)2)9(12)11-10(7)13/h3-4H,1-2H3,(H,11,12,13). The molecule has 0 atom stereocenters. The maximum absolute atomic E-state index is 11.5. The molecular weight excluding hydrogens is 182 g/mol. The molecule has 1 aromatic rings. The second kappa shape index (κ2) is 2.64. The highest BCUT2D eigenvalue weighted by Crippen LogP contribution is 2.22. The number of carbonyl (C=O) groups is 1. The van der Waals surface area contributed by atoms with Crippen molar-refractivity contribution in [3.8, 4) is 0 Å². The minimum Gasteiger partial charge on any atom is -0.312 e. The van der Waals surface area contributed by atoms with Crippen molar-refractivity contribution < 1.29 is 4.79 Å². The zero-order chi connectivity index (χ0) is 9.59. The third-order valence-electron chi connectivity index (χ3n) is 2.43. The first-order valence-electron chi connectivity index (χ1n) is 4.07. The molecule has 2 nitrogen and oxygen atoms in total. The number of rotatable bonds is 0. The highest BCUT2D eigenvalue weighted by Gasteiger charge is 2.25. The van der Waals surface area contributed by atoms with Crippen LogP contribution < -0.4 is 5.32 Å². The SMILES string of the molecule is Cc1ccc2c(c1C)C(=O)NC2=S. The fourth-order valence-corrected chi connectivity index (χ4v) is 1.79. The first kappa shape index (κ1) is 8.38. The molecule has 0 saturated heterocycles. The van der Waals surface area contributed by atoms with Gasteiger partial charge in [0.1, 0.15) is 4.99 Å². The van der Waals surface area contributed by atoms with Crippen molar-refractivity contribution in [2.75, 3.05) is 0 Å². The van der Waals surface area contributed by atoms with Crippen molar-refractivity contribution in [3.05, 3.63) is 34.4 Å². The zero-order valence-corrected chi connectivity index (χ0v) is 8.29. The Bertz CT molecular complexity index is 423. The van der Waals surface area contributed by atoms with E-state index < -0.39 is 0 Å². The largest absolute Gasteiger partial charge is 0.312 e. The van der Waals surface area contributed by atoms with Crippen molar-refractivity contribution >= 4 is 23.1 Å². The third kappa shape index (κ3) is 1.08. The Balaban J connectivity index is 2.78. The van der Waals surface area contributed by atoms with Crippen LogP contribution in [0.1, 0.15) is 27.0 Å². The van der Waals surface area contributed by atoms with E-state index >= 15 is 0 Å². The summed E-state index contributed by atoms with van der Waals surface area (Å²) in [7, 11) is 0. The van der Waals surface area contributed by atoms with Gasteiger partial charge >= 0.3 is 0 Å². The molecule has 1 aliphatic rings. The molecule has 0 spiro atoms. The Morgan fingerprint density at radius 1 is 1.31 bits per heavy atom. The molecule has 1 aromatic carbocycles. The van der Waals surface area contributed by atoms with Crippen molar-refractivity contribution in [1.29, 1.82) is 0 Å². The molecule has 0 aliphatic carbocycles. The van der Waals surface area contributed by atoms with Gasteiger partial charge in [-0.25, -0.2) is 0 Å². The zero-order valence-electron chi connectivity index (χ0n) is 7.47. The maximum Gasteiger partial charge on any atom is 0.257 e. The molecule has 1 aliphatic heterocycles. The van der Waals surface area contributed by atoms with Gasteiger partial charge in [0, 0.05) is 5.56 Å². The van der Waals surface area contributed by atoms with E-state index in [2.05, 4.69) is 5.32 Å². The van der Waals surface area contributed by atoms with E-state index in [-0.39, 0.29) is 5.91 Å². The van der Waals surface area contributed by atoms with Gasteiger partial charge in [0.25, 0.3) is 5.91 Å². The summed E-state index contributed by atoms with van der Waals surface area (Å²) in [6, 6.07) is 3.89. The van der Waals surface area contributed by atoms with Gasteiger partial charge in [-0.2, -0.15) is 0 Å². The molecule has 13 heavy (non-hydrogen) atoms. The average molecular weight is 191 g/mol. The smallest absolute Gasteiger partial charge is 0.257 e. The van der Waals surface area contributed by atoms with E-state index in [4.69, 9.17) is 12.2 Å². The molecule has 0 radical (unpaired) electrons. The van der Waals surface area contributed by atoms with Crippen LogP contribution in [0.2, 0.25) is 0 Å². The van der Waals surface area contributed by atoms with Crippen LogP contribution in [0.5, 0.6) is 0 Å². The molecular formula is C10H9NOS. The molecule has 3 heteroatoms. The van der Waals surface area contributed by atoms with E-state index in [1.807, 2.05) is 26.0 Å². The predicted molar refractivity (Wildman–Crippen MR) is 55.1 cm³/mol. The first-order valence-corrected chi connectivity index (χ1v) is 4.48. The molecule has 1 heterocycles. The number of nitrogens with one attached hydrogen (secondary N) is 1. The lowest BCUT2D eigenvalue weighted by Crippen LogP contribution is -2.19. The molecule has 0 unspecified atom stereocenters. The van der Waals surface area contributed by atoms with Gasteiger partial charge in [-0.15, -0.1) is 0 Å². The van der Waals surface area contributed by atoms with Crippen LogP contribution in [0.15, 0.2) is 12.1 Å². The number of fused-ring (bicyclic) bond motifs is 1. The molecule has 1 N–H and O–H groups in total.